The molecule has 126 heavy (non-hydrogen) atoms. The van der Waals surface area contributed by atoms with E-state index in [-0.39, 0.29) is 31.6 Å². The Balaban J connectivity index is 0.000000135. The minimum Gasteiger partial charge on any atom is -0.497 e. The number of hydrogen-bond donors (Lipinski definition) is 2. The van der Waals surface area contributed by atoms with Gasteiger partial charge in [0.15, 0.2) is 66.4 Å². The van der Waals surface area contributed by atoms with Crippen LogP contribution in [0.3, 0.4) is 0 Å². The van der Waals surface area contributed by atoms with E-state index < -0.39 is 34.7 Å². The molecular formula is C97H81N11O18+4. The molecule has 6 aliphatic heterocycles. The zero-order valence-corrected chi connectivity index (χ0v) is 68.6. The van der Waals surface area contributed by atoms with Crippen molar-refractivity contribution in [2.45, 2.75) is 69.2 Å². The van der Waals surface area contributed by atoms with Crippen LogP contribution < -0.4 is 66.2 Å². The summed E-state index contributed by atoms with van der Waals surface area (Å²) in [4.78, 5) is 69.1. The maximum atomic E-state index is 13.6. The summed E-state index contributed by atoms with van der Waals surface area (Å²) >= 11 is 0. The molecule has 29 heteroatoms. The number of benzene rings is 9. The van der Waals surface area contributed by atoms with Gasteiger partial charge in [-0.25, -0.2) is 32.9 Å². The fourth-order valence-electron chi connectivity index (χ4n) is 16.1. The molecule has 0 fully saturated rings. The summed E-state index contributed by atoms with van der Waals surface area (Å²) in [5, 5.41) is 18.9. The zero-order valence-electron chi connectivity index (χ0n) is 68.6. The van der Waals surface area contributed by atoms with Crippen LogP contribution in [-0.2, 0) is 89.4 Å². The highest BCUT2D eigenvalue weighted by Gasteiger charge is 2.57. The predicted molar refractivity (Wildman–Crippen MR) is 450 cm³/mol. The fourth-order valence-corrected chi connectivity index (χ4v) is 16.1. The van der Waals surface area contributed by atoms with Gasteiger partial charge in [-0.3, -0.25) is 4.79 Å². The average Bonchev–Trinajstić information content (AvgIpc) is 1.48. The van der Waals surface area contributed by atoms with Gasteiger partial charge in [-0.2, -0.15) is 4.57 Å². The molecule has 19 rings (SSSR count). The molecule has 2 N–H and O–H groups in total. The number of hydrogen-bond acceptors (Lipinski definition) is 19. The number of nitrogens with zero attached hydrogens (tertiary/aromatic N) is 10. The van der Waals surface area contributed by atoms with Crippen molar-refractivity contribution in [3.05, 3.63) is 389 Å². The van der Waals surface area contributed by atoms with Gasteiger partial charge < -0.3 is 67.3 Å². The quantitative estimate of drug-likeness (QED) is 0.0102. The number of carboxylic acid groups (broad SMARTS) is 1. The first-order valence-corrected chi connectivity index (χ1v) is 40.3. The van der Waals surface area contributed by atoms with Gasteiger partial charge >= 0.3 is 23.9 Å². The first-order chi connectivity index (χ1) is 61.4. The molecule has 2 unspecified atom stereocenters. The average molecular weight is 1690 g/mol. The van der Waals surface area contributed by atoms with E-state index in [4.69, 9.17) is 73.0 Å². The highest BCUT2D eigenvalue weighted by Crippen LogP contribution is 2.61. The Morgan fingerprint density at radius 3 is 1.10 bits per heavy atom. The topological polar surface area (TPSA) is 341 Å². The fraction of sp³-hybridized carbons (Fsp3) is 0.186. The number of methoxy groups -OCH3 is 2. The zero-order chi connectivity index (χ0) is 87.1. The van der Waals surface area contributed by atoms with E-state index in [0.29, 0.717) is 158 Å². The molecule has 3 spiro atoms. The lowest BCUT2D eigenvalue weighted by Crippen LogP contribution is -2.36. The molecule has 0 radical (unpaired) electrons. The van der Waals surface area contributed by atoms with Gasteiger partial charge in [0.1, 0.15) is 116 Å². The van der Waals surface area contributed by atoms with Gasteiger partial charge in [-0.1, -0.05) is 46.6 Å². The van der Waals surface area contributed by atoms with Crippen LogP contribution in [0.15, 0.2) is 284 Å². The van der Waals surface area contributed by atoms with Crippen molar-refractivity contribution in [3.8, 4) is 69.0 Å². The van der Waals surface area contributed by atoms with Gasteiger partial charge in [0.2, 0.25) is 6.54 Å². The van der Waals surface area contributed by atoms with Crippen molar-refractivity contribution in [1.82, 2.24) is 5.32 Å². The SMILES string of the molecule is COc1ccc2c(c1)Oc1cc(OCc3cc[n+](CC(=O)O)cc3)ccc1C21OC(=O)c2ccccc21.COc1ccc2c(c1)Oc1cc(OCc3cc[n+](CCCN=[N+]=[N-])cc3)ccc1C21OC(=O)c2ccccc21.C[n+]1ccc(COc2ccc3c(c2)Oc2cc(OCc4cc[n+](C)cc4)ccc2C32OC(=O)c3ccc(C(=O)NCCCN=[N+]=[N-])cc32)cc1. The second-order valence-electron chi connectivity index (χ2n) is 30.2. The van der Waals surface area contributed by atoms with E-state index in [1.165, 1.54) is 0 Å². The van der Waals surface area contributed by atoms with Crippen LogP contribution in [0.1, 0.15) is 127 Å². The number of fused-ring (bicyclic) bond motifs is 18. The van der Waals surface area contributed by atoms with Gasteiger partial charge in [0.05, 0.1) is 30.9 Å². The third-order valence-corrected chi connectivity index (χ3v) is 22.3. The van der Waals surface area contributed by atoms with Crippen molar-refractivity contribution in [3.63, 3.8) is 0 Å². The summed E-state index contributed by atoms with van der Waals surface area (Å²) in [5.41, 5.74) is 25.0. The monoisotopic (exact) mass is 1690 g/mol. The number of carboxylic acids is 1. The Labute approximate surface area is 721 Å². The van der Waals surface area contributed by atoms with Gasteiger partial charge in [0, 0.05) is 199 Å². The van der Waals surface area contributed by atoms with E-state index in [1.807, 2.05) is 229 Å². The van der Waals surface area contributed by atoms with Crippen LogP contribution >= 0.6 is 0 Å². The lowest BCUT2D eigenvalue weighted by Gasteiger charge is -2.36. The van der Waals surface area contributed by atoms with Crippen LogP contribution in [0.4, 0.5) is 0 Å². The van der Waals surface area contributed by atoms with E-state index >= 15 is 0 Å². The number of pyridine rings is 4. The molecule has 29 nitrogen and oxygen atoms in total. The van der Waals surface area contributed by atoms with Crippen molar-refractivity contribution in [2.75, 3.05) is 33.9 Å². The Morgan fingerprint density at radius 1 is 0.397 bits per heavy atom. The maximum Gasteiger partial charge on any atom is 0.370 e. The summed E-state index contributed by atoms with van der Waals surface area (Å²) < 4.78 is 80.6. The highest BCUT2D eigenvalue weighted by molar-refractivity contribution is 6.01. The molecule has 9 aromatic carbocycles. The number of aromatic nitrogens is 4. The predicted octanol–water partition coefficient (Wildman–Crippen LogP) is 15.5. The van der Waals surface area contributed by atoms with Crippen LogP contribution in [0.25, 0.3) is 20.9 Å². The smallest absolute Gasteiger partial charge is 0.370 e. The highest BCUT2D eigenvalue weighted by atomic mass is 16.6. The summed E-state index contributed by atoms with van der Waals surface area (Å²) in [5.74, 6) is 4.08. The Morgan fingerprint density at radius 2 is 0.730 bits per heavy atom. The van der Waals surface area contributed by atoms with Gasteiger partial charge in [0.25, 0.3) is 5.91 Å². The molecular weight excluding hydrogens is 1610 g/mol. The third kappa shape index (κ3) is 16.3. The number of carbonyl (C=O) groups is 5. The number of azide groups is 2. The molecule has 0 bridgehead atoms. The van der Waals surface area contributed by atoms with Crippen LogP contribution in [-0.4, -0.2) is 68.7 Å². The molecule has 628 valence electrons. The van der Waals surface area contributed by atoms with E-state index in [2.05, 4.69) is 25.4 Å². The first kappa shape index (κ1) is 82.1. The van der Waals surface area contributed by atoms with Crippen LogP contribution in [0.2, 0.25) is 0 Å². The minimum atomic E-state index is -1.41. The normalized spacial score (nSPS) is 15.2. The van der Waals surface area contributed by atoms with Crippen molar-refractivity contribution >= 4 is 29.8 Å². The number of amides is 1. The largest absolute Gasteiger partial charge is 0.497 e. The summed E-state index contributed by atoms with van der Waals surface area (Å²) in [6.45, 7) is 3.06. The van der Waals surface area contributed by atoms with Crippen molar-refractivity contribution in [1.29, 1.82) is 0 Å². The molecule has 10 heterocycles. The molecule has 2 atom stereocenters. The summed E-state index contributed by atoms with van der Waals surface area (Å²) in [6, 6.07) is 68.2. The lowest BCUT2D eigenvalue weighted by atomic mass is 9.77. The Kier molecular flexibility index (Phi) is 23.1. The number of esters is 3. The number of nitrogens with one attached hydrogen (secondary N) is 1. The molecule has 0 saturated heterocycles. The molecule has 0 saturated carbocycles. The number of aliphatic carboxylic acids is 1. The second-order valence-corrected chi connectivity index (χ2v) is 30.2. The van der Waals surface area contributed by atoms with E-state index in [1.54, 1.807) is 91.8 Å². The van der Waals surface area contributed by atoms with Crippen LogP contribution in [0, 0.1) is 0 Å². The van der Waals surface area contributed by atoms with Crippen molar-refractivity contribution in [2.24, 2.45) is 24.3 Å². The van der Waals surface area contributed by atoms with Crippen LogP contribution in [0.5, 0.6) is 69.0 Å². The minimum absolute atomic E-state index is 0.106. The van der Waals surface area contributed by atoms with Gasteiger partial charge in [-0.05, 0) is 121 Å². The number of aryl methyl sites for hydroxylation is 3. The first-order valence-electron chi connectivity index (χ1n) is 40.3. The lowest BCUT2D eigenvalue weighted by molar-refractivity contribution is -0.697. The molecule has 13 aromatic rings. The van der Waals surface area contributed by atoms with Gasteiger partial charge in [-0.15, -0.1) is 0 Å². The maximum absolute atomic E-state index is 13.6. The Hall–Kier alpha value is -16.3. The third-order valence-electron chi connectivity index (χ3n) is 22.3. The molecule has 4 aromatic heterocycles. The summed E-state index contributed by atoms with van der Waals surface area (Å²) in [7, 11) is 7.08. The second kappa shape index (κ2) is 35.4. The van der Waals surface area contributed by atoms with Crippen molar-refractivity contribution < 1.29 is 104 Å². The number of carbonyl (C=O) groups excluding carboxylic acids is 4. The number of rotatable bonds is 25. The summed E-state index contributed by atoms with van der Waals surface area (Å²) in [6.07, 6.45) is 16.4. The standard InChI is InChI=1S/C38H33N6O6.C30H25N4O5.C29H21NO7/c1-43-16-10-25(11-17-43)23-47-28-5-8-31-34(21-28)49-35-22-29(48-24-26-12-18-44(2)19-13-26)6-9-32(35)38(31)33-20-27(4-7-30(33)37(46)50-38)36(45)40-14-3-15-41-42-39;1-36-21-7-9-25-27(17-21)38-28-18-22(37-19-20-11-15-34(16-12-20)14-4-13-32-33-31)8-10-26(28)30(25)24-6-3-2-5-23(24)29(35)39-30;1-34-19-6-8-23-25(14-19)36-26-15-20(35-17-18-10-12-30(13-11-18)16-27(31)32)7-9-24(26)29(23)22-5-3-2-4-21(22)28(33)37-29/h4-13,16-22H,3,14-15,23-24H2,1-2H3;2-3,5-12,15-18H,4,13-14,19H2,1H3;2-15H,16-17H2,1H3/q2*+1;/p+2. The van der Waals surface area contributed by atoms with E-state index in [0.717, 1.165) is 57.5 Å². The van der Waals surface area contributed by atoms with E-state index in [9.17, 15) is 24.0 Å². The molecule has 1 amide bonds. The number of ether oxygens (including phenoxy) is 12. The molecule has 6 aliphatic rings. The Bertz CT molecular complexity index is 6440. The molecule has 0 aliphatic carbocycles.